The fourth-order valence-corrected chi connectivity index (χ4v) is 3.27. The van der Waals surface area contributed by atoms with E-state index in [1.54, 1.807) is 4.90 Å². The summed E-state index contributed by atoms with van der Waals surface area (Å²) < 4.78 is 0. The summed E-state index contributed by atoms with van der Waals surface area (Å²) in [6, 6.07) is -0.630. The normalized spacial score (nSPS) is 27.5. The number of hydrogen-bond acceptors (Lipinski definition) is 3. The van der Waals surface area contributed by atoms with Crippen LogP contribution in [-0.4, -0.2) is 41.0 Å². The Hall–Kier alpha value is -1.10. The Morgan fingerprint density at radius 2 is 2.06 bits per heavy atom. The van der Waals surface area contributed by atoms with Crippen LogP contribution in [0.2, 0.25) is 0 Å². The third-order valence-corrected chi connectivity index (χ3v) is 4.26. The van der Waals surface area contributed by atoms with Crippen molar-refractivity contribution in [2.45, 2.75) is 44.6 Å². The number of carboxylic acids is 1. The summed E-state index contributed by atoms with van der Waals surface area (Å²) in [5.41, 5.74) is 5.59. The number of amides is 1. The fourth-order valence-electron chi connectivity index (χ4n) is 3.27. The Balaban J connectivity index is 2.09. The van der Waals surface area contributed by atoms with E-state index in [9.17, 15) is 14.7 Å². The van der Waals surface area contributed by atoms with Crippen LogP contribution in [0.4, 0.5) is 0 Å². The molecular formula is C13H22N2O3. The van der Waals surface area contributed by atoms with Crippen molar-refractivity contribution < 1.29 is 14.7 Å². The highest BCUT2D eigenvalue weighted by atomic mass is 16.4. The van der Waals surface area contributed by atoms with Gasteiger partial charge in [-0.15, -0.1) is 0 Å². The van der Waals surface area contributed by atoms with E-state index in [1.165, 1.54) is 6.42 Å². The highest BCUT2D eigenvalue weighted by Crippen LogP contribution is 2.32. The van der Waals surface area contributed by atoms with Gasteiger partial charge < -0.3 is 15.7 Å². The molecule has 1 saturated heterocycles. The summed E-state index contributed by atoms with van der Waals surface area (Å²) in [5, 5.41) is 9.44. The molecule has 2 rings (SSSR count). The molecule has 1 aliphatic carbocycles. The molecule has 1 saturated carbocycles. The van der Waals surface area contributed by atoms with E-state index in [0.29, 0.717) is 19.5 Å². The maximum Gasteiger partial charge on any atom is 0.326 e. The molecule has 0 bridgehead atoms. The van der Waals surface area contributed by atoms with Crippen LogP contribution >= 0.6 is 0 Å². The molecule has 1 heterocycles. The molecule has 18 heavy (non-hydrogen) atoms. The minimum atomic E-state index is -0.854. The number of hydrogen-bond donors (Lipinski definition) is 2. The lowest BCUT2D eigenvalue weighted by atomic mass is 9.83. The first-order valence-corrected chi connectivity index (χ1v) is 6.85. The summed E-state index contributed by atoms with van der Waals surface area (Å²) in [6.45, 7) is 0.974. The van der Waals surface area contributed by atoms with Crippen LogP contribution in [0.5, 0.6) is 0 Å². The van der Waals surface area contributed by atoms with Gasteiger partial charge in [-0.05, 0) is 31.2 Å². The van der Waals surface area contributed by atoms with Gasteiger partial charge in [-0.1, -0.05) is 19.3 Å². The summed E-state index contributed by atoms with van der Waals surface area (Å²) in [6.07, 6.45) is 5.60. The van der Waals surface area contributed by atoms with Gasteiger partial charge >= 0.3 is 5.97 Å². The molecule has 1 unspecified atom stereocenters. The number of carboxylic acid groups (broad SMARTS) is 1. The van der Waals surface area contributed by atoms with Gasteiger partial charge in [0.25, 0.3) is 0 Å². The topological polar surface area (TPSA) is 83.6 Å². The van der Waals surface area contributed by atoms with E-state index in [0.717, 1.165) is 25.7 Å². The second-order valence-corrected chi connectivity index (χ2v) is 5.53. The molecule has 0 radical (unpaired) electrons. The third-order valence-electron chi connectivity index (χ3n) is 4.26. The highest BCUT2D eigenvalue weighted by Gasteiger charge is 2.41. The van der Waals surface area contributed by atoms with Crippen LogP contribution in [0, 0.1) is 11.8 Å². The summed E-state index contributed by atoms with van der Waals surface area (Å²) in [5.74, 6) is -0.643. The van der Waals surface area contributed by atoms with Crippen LogP contribution in [0.1, 0.15) is 38.5 Å². The molecule has 1 aliphatic heterocycles. The van der Waals surface area contributed by atoms with Crippen molar-refractivity contribution in [1.82, 2.24) is 4.90 Å². The van der Waals surface area contributed by atoms with Gasteiger partial charge in [0, 0.05) is 13.0 Å². The van der Waals surface area contributed by atoms with E-state index in [2.05, 4.69) is 0 Å². The average molecular weight is 254 g/mol. The number of rotatable bonds is 4. The van der Waals surface area contributed by atoms with E-state index >= 15 is 0 Å². The zero-order valence-corrected chi connectivity index (χ0v) is 10.7. The number of carbonyl (C=O) groups is 2. The molecule has 3 N–H and O–H groups in total. The molecule has 2 fully saturated rings. The van der Waals surface area contributed by atoms with Gasteiger partial charge in [0.1, 0.15) is 6.04 Å². The molecular weight excluding hydrogens is 232 g/mol. The molecule has 0 spiro atoms. The predicted molar refractivity (Wildman–Crippen MR) is 66.9 cm³/mol. The van der Waals surface area contributed by atoms with Crippen molar-refractivity contribution in [3.05, 3.63) is 0 Å². The second-order valence-electron chi connectivity index (χ2n) is 5.53. The van der Waals surface area contributed by atoms with Crippen molar-refractivity contribution in [2.75, 3.05) is 13.1 Å². The first-order valence-electron chi connectivity index (χ1n) is 6.85. The van der Waals surface area contributed by atoms with Crippen LogP contribution in [-0.2, 0) is 9.59 Å². The lowest BCUT2D eigenvalue weighted by Crippen LogP contribution is -2.47. The van der Waals surface area contributed by atoms with E-state index < -0.39 is 12.0 Å². The Morgan fingerprint density at radius 3 is 2.56 bits per heavy atom. The molecule has 5 heteroatoms. The minimum absolute atomic E-state index is 0.0385. The largest absolute Gasteiger partial charge is 0.480 e. The summed E-state index contributed by atoms with van der Waals surface area (Å²) in [4.78, 5) is 25.0. The fraction of sp³-hybridized carbons (Fsp3) is 0.846. The quantitative estimate of drug-likeness (QED) is 0.778. The van der Waals surface area contributed by atoms with E-state index in [4.69, 9.17) is 5.73 Å². The van der Waals surface area contributed by atoms with Crippen LogP contribution < -0.4 is 5.73 Å². The monoisotopic (exact) mass is 254 g/mol. The maximum absolute atomic E-state index is 11.9. The molecule has 0 aromatic carbocycles. The van der Waals surface area contributed by atoms with Gasteiger partial charge in [-0.3, -0.25) is 4.79 Å². The number of nitrogens with zero attached hydrogens (tertiary/aromatic N) is 1. The molecule has 5 nitrogen and oxygen atoms in total. The highest BCUT2D eigenvalue weighted by molar-refractivity contribution is 5.85. The zero-order valence-electron chi connectivity index (χ0n) is 10.7. The lowest BCUT2D eigenvalue weighted by molar-refractivity contribution is -0.151. The Kier molecular flexibility index (Phi) is 4.22. The summed E-state index contributed by atoms with van der Waals surface area (Å²) >= 11 is 0. The standard InChI is InChI=1S/C13H22N2O3/c14-7-9-6-11(16)15(8-9)12(13(17)18)10-4-2-1-3-5-10/h9-10,12H,1-8,14H2,(H,17,18)/t9?,12-/m1/s1. The van der Waals surface area contributed by atoms with Crippen molar-refractivity contribution >= 4 is 11.9 Å². The van der Waals surface area contributed by atoms with Gasteiger partial charge in [-0.2, -0.15) is 0 Å². The maximum atomic E-state index is 11.9. The Morgan fingerprint density at radius 1 is 1.39 bits per heavy atom. The summed E-state index contributed by atoms with van der Waals surface area (Å²) in [7, 11) is 0. The Bertz CT molecular complexity index is 326. The van der Waals surface area contributed by atoms with Gasteiger partial charge in [-0.25, -0.2) is 4.79 Å². The number of carbonyl (C=O) groups excluding carboxylic acids is 1. The van der Waals surface area contributed by atoms with Crippen LogP contribution in [0.25, 0.3) is 0 Å². The van der Waals surface area contributed by atoms with E-state index in [-0.39, 0.29) is 17.7 Å². The zero-order chi connectivity index (χ0) is 13.1. The smallest absolute Gasteiger partial charge is 0.326 e. The van der Waals surface area contributed by atoms with Crippen molar-refractivity contribution in [3.63, 3.8) is 0 Å². The number of aliphatic carboxylic acids is 1. The first-order chi connectivity index (χ1) is 8.63. The predicted octanol–water partition coefficient (Wildman–Crippen LogP) is 0.827. The molecule has 2 aliphatic rings. The lowest BCUT2D eigenvalue weighted by Gasteiger charge is -2.33. The molecule has 2 atom stereocenters. The van der Waals surface area contributed by atoms with Crippen molar-refractivity contribution in [1.29, 1.82) is 0 Å². The molecule has 1 amide bonds. The first kappa shape index (κ1) is 13.3. The molecule has 0 aromatic rings. The Labute approximate surface area is 107 Å². The minimum Gasteiger partial charge on any atom is -0.480 e. The SMILES string of the molecule is NCC1CC(=O)N([C@@H](C(=O)O)C2CCCCC2)C1. The van der Waals surface area contributed by atoms with Gasteiger partial charge in [0.15, 0.2) is 0 Å². The molecule has 0 aromatic heterocycles. The molecule has 102 valence electrons. The van der Waals surface area contributed by atoms with Gasteiger partial charge in [0.05, 0.1) is 0 Å². The number of likely N-dealkylation sites (tertiary alicyclic amines) is 1. The van der Waals surface area contributed by atoms with Crippen molar-refractivity contribution in [2.24, 2.45) is 17.6 Å². The van der Waals surface area contributed by atoms with Crippen LogP contribution in [0.3, 0.4) is 0 Å². The van der Waals surface area contributed by atoms with E-state index in [1.807, 2.05) is 0 Å². The average Bonchev–Trinajstić information content (AvgIpc) is 2.72. The number of nitrogens with two attached hydrogens (primary N) is 1. The van der Waals surface area contributed by atoms with Gasteiger partial charge in [0.2, 0.25) is 5.91 Å². The second kappa shape index (κ2) is 5.69. The third kappa shape index (κ3) is 2.66. The van der Waals surface area contributed by atoms with Crippen LogP contribution in [0.15, 0.2) is 0 Å². The van der Waals surface area contributed by atoms with Crippen molar-refractivity contribution in [3.8, 4) is 0 Å².